The number of hydrogen-bond acceptors (Lipinski definition) is 20. The first-order valence-corrected chi connectivity index (χ1v) is 34.3. The molecule has 6 aromatic rings. The lowest BCUT2D eigenvalue weighted by atomic mass is 9.54. The number of amides is 10. The van der Waals surface area contributed by atoms with E-state index in [1.807, 2.05) is 13.8 Å². The van der Waals surface area contributed by atoms with Gasteiger partial charge in [-0.3, -0.25) is 43.7 Å². The minimum absolute atomic E-state index is 0.00465. The first-order valence-electron chi connectivity index (χ1n) is 33.9. The van der Waals surface area contributed by atoms with Gasteiger partial charge in [0.15, 0.2) is 11.5 Å². The normalized spacial score (nSPS) is 25.2. The topological polar surface area (TPSA) is 449 Å². The molecule has 542 valence electrons. The molecular weight excluding hydrogens is 1350 g/mol. The number of phenols is 4. The maximum atomic E-state index is 16.0. The number of anilines is 1. The Balaban J connectivity index is 0.992. The van der Waals surface area contributed by atoms with E-state index in [9.17, 15) is 45.0 Å². The lowest BCUT2D eigenvalue weighted by Gasteiger charge is -2.54. The Labute approximate surface area is 595 Å². The molecule has 0 saturated heterocycles. The van der Waals surface area contributed by atoms with Crippen LogP contribution in [0.1, 0.15) is 123 Å². The van der Waals surface area contributed by atoms with E-state index in [1.165, 1.54) is 79.8 Å². The molecule has 18 N–H and O–H groups in total. The molecule has 0 unspecified atom stereocenters. The Kier molecular flexibility index (Phi) is 21.0. The molecule has 29 nitrogen and oxygen atoms in total. The van der Waals surface area contributed by atoms with Gasteiger partial charge in [-0.2, -0.15) is 0 Å². The minimum Gasteiger partial charge on any atom is -0.508 e. The summed E-state index contributed by atoms with van der Waals surface area (Å²) in [6.07, 6.45) is -0.299. The van der Waals surface area contributed by atoms with Gasteiger partial charge in [-0.1, -0.05) is 43.6 Å². The predicted octanol–water partition coefficient (Wildman–Crippen LogP) is 5.11. The number of aliphatic hydroxyl groups excluding tert-OH is 2. The number of nitrogens with one attached hydrogen (secondary N) is 10. The van der Waals surface area contributed by atoms with Crippen LogP contribution in [-0.4, -0.2) is 134 Å². The van der Waals surface area contributed by atoms with Crippen LogP contribution in [0.4, 0.5) is 10.5 Å². The highest BCUT2D eigenvalue weighted by Gasteiger charge is 2.50. The number of aryl methyl sites for hydroxylation is 1. The summed E-state index contributed by atoms with van der Waals surface area (Å²) in [4.78, 5) is 135. The number of phenolic OH excluding ortho intramolecular Hbond substituents is 4. The van der Waals surface area contributed by atoms with E-state index in [1.54, 1.807) is 6.92 Å². The van der Waals surface area contributed by atoms with Crippen molar-refractivity contribution in [2.24, 2.45) is 35.3 Å². The smallest absolute Gasteiger partial charge is 0.325 e. The Morgan fingerprint density at radius 2 is 1.28 bits per heavy atom. The monoisotopic (exact) mass is 1430 g/mol. The van der Waals surface area contributed by atoms with E-state index in [0.29, 0.717) is 17.6 Å². The number of hydrogen-bond donors (Lipinski definition) is 17. The van der Waals surface area contributed by atoms with Crippen molar-refractivity contribution in [1.82, 2.24) is 47.9 Å². The van der Waals surface area contributed by atoms with Gasteiger partial charge in [0.2, 0.25) is 53.0 Å². The second-order valence-corrected chi connectivity index (χ2v) is 27.9. The molecule has 15 rings (SSSR count). The number of aromatic hydroxyl groups is 4. The van der Waals surface area contributed by atoms with Crippen LogP contribution in [0.5, 0.6) is 51.7 Å². The van der Waals surface area contributed by atoms with E-state index in [4.69, 9.17) is 31.5 Å². The molecule has 0 radical (unpaired) electrons. The maximum Gasteiger partial charge on any atom is 0.325 e. The van der Waals surface area contributed by atoms with Crippen molar-refractivity contribution in [2.75, 3.05) is 25.5 Å². The van der Waals surface area contributed by atoms with Gasteiger partial charge in [-0.25, -0.2) is 4.79 Å². The van der Waals surface area contributed by atoms with Crippen molar-refractivity contribution < 1.29 is 88.0 Å². The Hall–Kier alpha value is -10.7. The maximum absolute atomic E-state index is 16.0. The summed E-state index contributed by atoms with van der Waals surface area (Å²) in [5.41, 5.74) is 4.45. The van der Waals surface area contributed by atoms with Crippen LogP contribution < -0.4 is 73.1 Å². The summed E-state index contributed by atoms with van der Waals surface area (Å²) in [5.74, 6) is -11.6. The first kappa shape index (κ1) is 72.1. The van der Waals surface area contributed by atoms with Crippen LogP contribution in [0.2, 0.25) is 5.02 Å². The molecular formula is C73H80ClN11O18. The third kappa shape index (κ3) is 15.6. The van der Waals surface area contributed by atoms with Crippen molar-refractivity contribution in [3.05, 3.63) is 142 Å². The summed E-state index contributed by atoms with van der Waals surface area (Å²) >= 11 is 6.99. The van der Waals surface area contributed by atoms with Crippen molar-refractivity contribution in [3.8, 4) is 62.9 Å². The second-order valence-electron chi connectivity index (χ2n) is 27.5. The highest BCUT2D eigenvalue weighted by atomic mass is 35.5. The number of rotatable bonds is 13. The summed E-state index contributed by atoms with van der Waals surface area (Å²) in [5, 5.41) is 98.1. The number of benzene rings is 6. The lowest BCUT2D eigenvalue weighted by molar-refractivity contribution is -0.138. The Morgan fingerprint density at radius 1 is 0.650 bits per heavy atom. The van der Waals surface area contributed by atoms with Gasteiger partial charge in [-0.15, -0.1) is 0 Å². The molecule has 10 amide bonds. The fourth-order valence-corrected chi connectivity index (χ4v) is 15.3. The molecule has 0 spiro atoms. The molecule has 6 aromatic carbocycles. The van der Waals surface area contributed by atoms with Crippen LogP contribution in [0.3, 0.4) is 0 Å². The summed E-state index contributed by atoms with van der Waals surface area (Å²) in [6.45, 7) is 5.68. The van der Waals surface area contributed by atoms with Gasteiger partial charge in [-0.05, 0) is 194 Å². The summed E-state index contributed by atoms with van der Waals surface area (Å²) in [7, 11) is 1.51. The molecule has 4 aliphatic carbocycles. The van der Waals surface area contributed by atoms with E-state index in [0.717, 1.165) is 62.4 Å². The molecule has 9 atom stereocenters. The number of fused-ring (bicyclic) bond motifs is 15. The molecule has 9 aliphatic rings. The number of halogens is 1. The molecule has 4 fully saturated rings. The van der Waals surface area contributed by atoms with Crippen LogP contribution in [-0.2, 0) is 38.4 Å². The van der Waals surface area contributed by atoms with Crippen LogP contribution >= 0.6 is 11.6 Å². The zero-order valence-electron chi connectivity index (χ0n) is 56.4. The van der Waals surface area contributed by atoms with E-state index in [2.05, 4.69) is 53.2 Å². The number of likely N-dealkylation sites (N-methyl/N-ethyl adjacent to an activating group) is 1. The number of imide groups is 1. The molecule has 5 heterocycles. The van der Waals surface area contributed by atoms with Crippen LogP contribution in [0, 0.1) is 36.5 Å². The average molecular weight is 1430 g/mol. The largest absolute Gasteiger partial charge is 0.508 e. The van der Waals surface area contributed by atoms with Crippen LogP contribution in [0.15, 0.2) is 103 Å². The average Bonchev–Trinajstić information content (AvgIpc) is 0.762. The predicted molar refractivity (Wildman–Crippen MR) is 370 cm³/mol. The highest BCUT2D eigenvalue weighted by molar-refractivity contribution is 6.32. The highest BCUT2D eigenvalue weighted by Crippen LogP contribution is 2.54. The summed E-state index contributed by atoms with van der Waals surface area (Å²) < 4.78 is 18.2. The molecule has 103 heavy (non-hydrogen) atoms. The van der Waals surface area contributed by atoms with Gasteiger partial charge in [0.1, 0.15) is 89.6 Å². The number of carbonyl (C=O) groups excluding carboxylic acids is 9. The third-order valence-corrected chi connectivity index (χ3v) is 20.2. The number of urea groups is 1. The molecule has 4 saturated carbocycles. The van der Waals surface area contributed by atoms with Gasteiger partial charge in [0.05, 0.1) is 17.5 Å². The fraction of sp³-hybridized carbons (Fsp3) is 0.384. The molecule has 15 bridgehead atoms. The minimum atomic E-state index is -2.21. The fourth-order valence-electron chi connectivity index (χ4n) is 15.1. The number of nitrogens with two attached hydrogens (primary N) is 1. The lowest BCUT2D eigenvalue weighted by Crippen LogP contribution is -2.59. The van der Waals surface area contributed by atoms with Crippen molar-refractivity contribution in [2.45, 2.75) is 126 Å². The van der Waals surface area contributed by atoms with Crippen molar-refractivity contribution in [3.63, 3.8) is 0 Å². The van der Waals surface area contributed by atoms with Gasteiger partial charge in [0.25, 0.3) is 0 Å². The van der Waals surface area contributed by atoms with Gasteiger partial charge >= 0.3 is 6.03 Å². The molecule has 5 aliphatic heterocycles. The van der Waals surface area contributed by atoms with Crippen LogP contribution in [0.25, 0.3) is 11.1 Å². The van der Waals surface area contributed by atoms with Crippen molar-refractivity contribution >= 4 is 70.6 Å². The zero-order chi connectivity index (χ0) is 73.4. The first-order chi connectivity index (χ1) is 49.2. The van der Waals surface area contributed by atoms with Gasteiger partial charge < -0.3 is 98.4 Å². The Bertz CT molecular complexity index is 4340. The SMILES string of the molecule is CN[C@H](CC(C)C)C(=O)N[C@H]1C(=O)N[C@@H](CC(=O)NC(=O)Nc2ccc(OCCN)cc2)C(=O)N[C@H]2C(=O)N[C@H]3C(=O)N[C@H](C(=O)N[C@H](C(=O)NC4C5CC6CC(C5)CC4C6)c4cc(O)cc(O)c4-c4cc3ccc4O)[C@H](O)c3ccc(c(Cl)c3)Oc3cc2cc(c3O)Oc2ccc(cc2C)[C@H]1O. The Morgan fingerprint density at radius 3 is 1.93 bits per heavy atom. The number of aliphatic hydroxyl groups is 2. The van der Waals surface area contributed by atoms with E-state index >= 15 is 28.8 Å². The quantitative estimate of drug-likeness (QED) is 0.0714. The van der Waals surface area contributed by atoms with E-state index in [-0.39, 0.29) is 110 Å². The summed E-state index contributed by atoms with van der Waals surface area (Å²) in [6, 6.07) is 6.67. The second kappa shape index (κ2) is 30.1. The van der Waals surface area contributed by atoms with Gasteiger partial charge in [0, 0.05) is 35.5 Å². The van der Waals surface area contributed by atoms with Crippen molar-refractivity contribution in [1.29, 1.82) is 0 Å². The molecule has 0 aromatic heterocycles. The van der Waals surface area contributed by atoms with E-state index < -0.39 is 149 Å². The number of ether oxygens (including phenoxy) is 3. The standard InChI is InChI=1S/C73H80ClN11O18/c1-31(2)17-47(76-4)66(93)84-61-63(90)36-6-13-51(32(3)18-36)102-53-26-40-27-54(65(53)92)103-52-14-7-37(25-46(52)74)64(91)62-72(99)83-60(70(97)80-57-38-20-33-19-34(22-38)23-39(57)21-33)45-28-42(86)29-50(88)56(45)44-24-35(5-12-49(44)87)58(68(95)85-62)82-69(96)59(40)81-67(94)48(78-71(61)98)30-55(89)79-73(100)77-41-8-10-43(11-9-41)101-16-15-75/h5-14,18,24-29,31,33-34,38-39,47-48,57-64,76,86-88,90-92H,15-17,19-23,30,75H2,1-4H3,(H,78,98)(H,80,97)(H,81,94)(H,82,96)(H,83,99)(H,84,93)(H,85,95)(H2,77,79,89,100)/t33?,34?,38?,39?,47-,48+,57?,58-,59-,60+,61-,62+,63-,64-/m1/s1. The third-order valence-electron chi connectivity index (χ3n) is 19.9. The zero-order valence-corrected chi connectivity index (χ0v) is 57.1. The number of carbonyl (C=O) groups is 9. The molecule has 30 heteroatoms.